The van der Waals surface area contributed by atoms with E-state index in [1.165, 1.54) is 11.1 Å². The summed E-state index contributed by atoms with van der Waals surface area (Å²) in [4.78, 5) is 11.3. The van der Waals surface area contributed by atoms with Crippen LogP contribution in [0.4, 0.5) is 13.2 Å². The minimum Gasteiger partial charge on any atom is -0.455 e. The molecule has 0 aliphatic heterocycles. The third-order valence-electron chi connectivity index (χ3n) is 7.03. The lowest BCUT2D eigenvalue weighted by Gasteiger charge is -2.50. The Labute approximate surface area is 145 Å². The third-order valence-corrected chi connectivity index (χ3v) is 7.03. The number of rotatable bonds is 1. The molecule has 0 radical (unpaired) electrons. The van der Waals surface area contributed by atoms with Crippen LogP contribution in [-0.4, -0.2) is 18.2 Å². The van der Waals surface area contributed by atoms with E-state index < -0.39 is 18.2 Å². The van der Waals surface area contributed by atoms with Gasteiger partial charge < -0.3 is 4.74 Å². The fourth-order valence-corrected chi connectivity index (χ4v) is 5.86. The van der Waals surface area contributed by atoms with Crippen molar-refractivity contribution in [1.29, 1.82) is 0 Å². The number of alkyl halides is 3. The Morgan fingerprint density at radius 1 is 1.16 bits per heavy atom. The topological polar surface area (TPSA) is 26.3 Å². The Morgan fingerprint density at radius 3 is 2.68 bits per heavy atom. The van der Waals surface area contributed by atoms with Crippen LogP contribution in [0, 0.1) is 17.3 Å². The monoisotopic (exact) mass is 352 g/mol. The van der Waals surface area contributed by atoms with Gasteiger partial charge in [0.25, 0.3) is 0 Å². The summed E-state index contributed by atoms with van der Waals surface area (Å²) in [7, 11) is 0. The van der Waals surface area contributed by atoms with Crippen LogP contribution in [0.2, 0.25) is 0 Å². The molecule has 1 aromatic rings. The molecule has 5 atom stereocenters. The Bertz CT molecular complexity index is 684. The van der Waals surface area contributed by atoms with Gasteiger partial charge in [-0.1, -0.05) is 31.2 Å². The van der Waals surface area contributed by atoms with Gasteiger partial charge in [0.05, 0.1) is 0 Å². The maximum absolute atomic E-state index is 12.6. The van der Waals surface area contributed by atoms with E-state index in [9.17, 15) is 18.0 Å². The van der Waals surface area contributed by atoms with Gasteiger partial charge in [-0.15, -0.1) is 0 Å². The molecule has 3 aliphatic rings. The van der Waals surface area contributed by atoms with Crippen molar-refractivity contribution in [3.05, 3.63) is 35.4 Å². The molecular weight excluding hydrogens is 329 g/mol. The van der Waals surface area contributed by atoms with Crippen molar-refractivity contribution in [2.24, 2.45) is 17.3 Å². The Hall–Kier alpha value is -1.52. The van der Waals surface area contributed by atoms with Gasteiger partial charge in [-0.3, -0.25) is 0 Å². The van der Waals surface area contributed by atoms with E-state index in [-0.39, 0.29) is 5.41 Å². The van der Waals surface area contributed by atoms with Gasteiger partial charge in [-0.05, 0) is 67.4 Å². The first kappa shape index (κ1) is 16.9. The van der Waals surface area contributed by atoms with Gasteiger partial charge >= 0.3 is 12.1 Å². The largest absolute Gasteiger partial charge is 0.490 e. The first-order valence-electron chi connectivity index (χ1n) is 9.16. The molecule has 0 N–H and O–H groups in total. The van der Waals surface area contributed by atoms with E-state index in [0.29, 0.717) is 24.2 Å². The molecule has 2 saturated carbocycles. The standard InChI is InChI=1S/C20H23F3O2/c1-19-11-10-14-13-5-3-2-4-12(13)6-7-15(14)16(19)8-9-17(19)25-18(24)20(21,22)23/h2-5,14-17H,6-11H2,1H3/t14-,15-,16+,17+,19+/m1/s1. The highest BCUT2D eigenvalue weighted by Gasteiger charge is 2.57. The van der Waals surface area contributed by atoms with Crippen molar-refractivity contribution >= 4 is 5.97 Å². The first-order chi connectivity index (χ1) is 11.8. The average molecular weight is 352 g/mol. The maximum Gasteiger partial charge on any atom is 0.490 e. The molecule has 0 spiro atoms. The normalized spacial score (nSPS) is 37.0. The van der Waals surface area contributed by atoms with Crippen molar-refractivity contribution in [1.82, 2.24) is 0 Å². The average Bonchev–Trinajstić information content (AvgIpc) is 2.90. The Balaban J connectivity index is 1.57. The molecule has 2 nitrogen and oxygen atoms in total. The number of hydrogen-bond acceptors (Lipinski definition) is 2. The zero-order valence-corrected chi connectivity index (χ0v) is 14.3. The van der Waals surface area contributed by atoms with Crippen molar-refractivity contribution in [2.75, 3.05) is 0 Å². The van der Waals surface area contributed by atoms with Crippen molar-refractivity contribution in [2.45, 2.75) is 63.6 Å². The number of aryl methyl sites for hydroxylation is 1. The van der Waals surface area contributed by atoms with E-state index in [0.717, 1.165) is 32.1 Å². The summed E-state index contributed by atoms with van der Waals surface area (Å²) in [5.41, 5.74) is 2.52. The number of hydrogen-bond donors (Lipinski definition) is 0. The van der Waals surface area contributed by atoms with E-state index in [4.69, 9.17) is 4.74 Å². The molecule has 2 fully saturated rings. The van der Waals surface area contributed by atoms with Crippen LogP contribution in [-0.2, 0) is 16.0 Å². The lowest BCUT2D eigenvalue weighted by atomic mass is 9.55. The molecule has 25 heavy (non-hydrogen) atoms. The van der Waals surface area contributed by atoms with Crippen LogP contribution in [0.25, 0.3) is 0 Å². The maximum atomic E-state index is 12.6. The van der Waals surface area contributed by atoms with E-state index >= 15 is 0 Å². The summed E-state index contributed by atoms with van der Waals surface area (Å²) in [6.07, 6.45) is -0.195. The predicted octanol–water partition coefficient (Wildman–Crippen LogP) is 5.02. The summed E-state index contributed by atoms with van der Waals surface area (Å²) in [6.45, 7) is 2.04. The summed E-state index contributed by atoms with van der Waals surface area (Å²) >= 11 is 0. The van der Waals surface area contributed by atoms with Gasteiger partial charge in [0.15, 0.2) is 0 Å². The summed E-state index contributed by atoms with van der Waals surface area (Å²) in [6, 6.07) is 8.57. The van der Waals surface area contributed by atoms with Crippen LogP contribution in [0.15, 0.2) is 24.3 Å². The van der Waals surface area contributed by atoms with Crippen molar-refractivity contribution in [3.63, 3.8) is 0 Å². The molecule has 0 saturated heterocycles. The summed E-state index contributed by atoms with van der Waals surface area (Å²) < 4.78 is 42.8. The number of halogens is 3. The van der Waals surface area contributed by atoms with Crippen LogP contribution in [0.1, 0.15) is 56.1 Å². The van der Waals surface area contributed by atoms with Gasteiger partial charge in [0.2, 0.25) is 0 Å². The lowest BCUT2D eigenvalue weighted by Crippen LogP contribution is -2.46. The number of benzene rings is 1. The molecule has 0 unspecified atom stereocenters. The minimum absolute atomic E-state index is 0.325. The third kappa shape index (κ3) is 2.67. The number of fused-ring (bicyclic) bond motifs is 5. The zero-order chi connectivity index (χ0) is 17.8. The summed E-state index contributed by atoms with van der Waals surface area (Å²) in [5, 5.41) is 0. The molecular formula is C20H23F3O2. The fraction of sp³-hybridized carbons (Fsp3) is 0.650. The molecule has 1 aromatic carbocycles. The lowest BCUT2D eigenvalue weighted by molar-refractivity contribution is -0.211. The van der Waals surface area contributed by atoms with Gasteiger partial charge in [-0.25, -0.2) is 4.79 Å². The van der Waals surface area contributed by atoms with Crippen LogP contribution in [0.3, 0.4) is 0 Å². The second-order valence-corrected chi connectivity index (χ2v) is 8.13. The molecule has 0 aromatic heterocycles. The van der Waals surface area contributed by atoms with Crippen LogP contribution < -0.4 is 0 Å². The molecule has 3 aliphatic carbocycles. The highest BCUT2D eigenvalue weighted by molar-refractivity contribution is 5.75. The molecule has 136 valence electrons. The molecule has 0 bridgehead atoms. The first-order valence-corrected chi connectivity index (χ1v) is 9.16. The number of carbonyl (C=O) groups is 1. The highest BCUT2D eigenvalue weighted by atomic mass is 19.4. The van der Waals surface area contributed by atoms with Crippen molar-refractivity contribution < 1.29 is 22.7 Å². The van der Waals surface area contributed by atoms with Crippen LogP contribution >= 0.6 is 0 Å². The van der Waals surface area contributed by atoms with Crippen LogP contribution in [0.5, 0.6) is 0 Å². The number of esters is 1. The zero-order valence-electron chi connectivity index (χ0n) is 14.3. The highest BCUT2D eigenvalue weighted by Crippen LogP contribution is 2.61. The second kappa shape index (κ2) is 5.75. The second-order valence-electron chi connectivity index (χ2n) is 8.13. The number of ether oxygens (including phenoxy) is 1. The van der Waals surface area contributed by atoms with E-state index in [1.54, 1.807) is 0 Å². The predicted molar refractivity (Wildman–Crippen MR) is 87.0 cm³/mol. The Kier molecular flexibility index (Phi) is 3.89. The number of carbonyl (C=O) groups excluding carboxylic acids is 1. The summed E-state index contributed by atoms with van der Waals surface area (Å²) in [5.74, 6) is -0.704. The van der Waals surface area contributed by atoms with Crippen molar-refractivity contribution in [3.8, 4) is 0 Å². The fourth-order valence-electron chi connectivity index (χ4n) is 5.86. The SMILES string of the molecule is C[C@]12CC[C@@H]3c4ccccc4CC[C@H]3[C@@H]1CC[C@@H]2OC(=O)C(F)(F)F. The molecule has 0 amide bonds. The van der Waals surface area contributed by atoms with Gasteiger partial charge in [-0.2, -0.15) is 13.2 Å². The molecule has 4 rings (SSSR count). The molecule has 5 heteroatoms. The Morgan fingerprint density at radius 2 is 1.92 bits per heavy atom. The van der Waals surface area contributed by atoms with E-state index in [2.05, 4.69) is 24.3 Å². The molecule has 0 heterocycles. The van der Waals surface area contributed by atoms with Gasteiger partial charge in [0.1, 0.15) is 6.10 Å². The van der Waals surface area contributed by atoms with Gasteiger partial charge in [0, 0.05) is 5.41 Å². The quantitative estimate of drug-likeness (QED) is 0.664. The smallest absolute Gasteiger partial charge is 0.455 e. The van der Waals surface area contributed by atoms with E-state index in [1.807, 2.05) is 6.92 Å². The minimum atomic E-state index is -4.91.